The van der Waals surface area contributed by atoms with Crippen molar-refractivity contribution in [1.82, 2.24) is 0 Å². The first-order valence-electron chi connectivity index (χ1n) is 8.02. The van der Waals surface area contributed by atoms with Gasteiger partial charge in [-0.05, 0) is 11.1 Å². The fraction of sp³-hybridized carbons (Fsp3) is 0.300. The van der Waals surface area contributed by atoms with Gasteiger partial charge in [0.05, 0.1) is 26.4 Å². The van der Waals surface area contributed by atoms with E-state index in [0.717, 1.165) is 11.1 Å². The van der Waals surface area contributed by atoms with Gasteiger partial charge in [0, 0.05) is 0 Å². The fourth-order valence-corrected chi connectivity index (χ4v) is 2.21. The molecule has 0 radical (unpaired) electrons. The first kappa shape index (κ1) is 18.4. The molecule has 0 unspecified atom stereocenters. The molecule has 0 aliphatic carbocycles. The van der Waals surface area contributed by atoms with Gasteiger partial charge in [-0.15, -0.1) is 0 Å². The molecule has 24 heavy (non-hydrogen) atoms. The zero-order valence-electron chi connectivity index (χ0n) is 13.6. The van der Waals surface area contributed by atoms with Gasteiger partial charge in [0.25, 0.3) is 0 Å². The molecule has 2 atom stereocenters. The average Bonchev–Trinajstić information content (AvgIpc) is 2.64. The molecule has 2 rings (SSSR count). The Kier molecular flexibility index (Phi) is 8.21. The second-order valence-corrected chi connectivity index (χ2v) is 5.44. The van der Waals surface area contributed by atoms with Crippen LogP contribution in [0.5, 0.6) is 0 Å². The summed E-state index contributed by atoms with van der Waals surface area (Å²) in [5.74, 6) is 0. The lowest BCUT2D eigenvalue weighted by atomic mass is 10.2. The monoisotopic (exact) mass is 328 g/mol. The number of benzene rings is 2. The van der Waals surface area contributed by atoms with Crippen molar-refractivity contribution in [2.75, 3.05) is 13.2 Å². The Balaban J connectivity index is 1.88. The molecule has 0 saturated carbocycles. The lowest BCUT2D eigenvalue weighted by molar-refractivity contribution is -0.0751. The van der Waals surface area contributed by atoms with E-state index in [2.05, 4.69) is 0 Å². The minimum absolute atomic E-state index is 0.118. The Morgan fingerprint density at radius 3 is 2.04 bits per heavy atom. The van der Waals surface area contributed by atoms with Gasteiger partial charge in [-0.2, -0.15) is 0 Å². The second-order valence-electron chi connectivity index (χ2n) is 5.44. The molecule has 0 aliphatic heterocycles. The molecule has 4 nitrogen and oxygen atoms in total. The van der Waals surface area contributed by atoms with Gasteiger partial charge in [-0.25, -0.2) is 0 Å². The van der Waals surface area contributed by atoms with Crippen molar-refractivity contribution in [2.24, 2.45) is 0 Å². The number of aliphatic hydroxyl groups is 2. The highest BCUT2D eigenvalue weighted by Gasteiger charge is 2.18. The normalized spacial score (nSPS) is 13.9. The van der Waals surface area contributed by atoms with Crippen molar-refractivity contribution in [3.63, 3.8) is 0 Å². The van der Waals surface area contributed by atoms with E-state index in [1.807, 2.05) is 60.7 Å². The SMILES string of the molecule is OC/C=C/[C@H](O)[C@@H](COCc1ccccc1)OCc1ccccc1. The van der Waals surface area contributed by atoms with Crippen molar-refractivity contribution in [2.45, 2.75) is 25.4 Å². The molecule has 0 saturated heterocycles. The van der Waals surface area contributed by atoms with E-state index in [1.54, 1.807) is 0 Å². The predicted octanol–water partition coefficient (Wildman–Crippen LogP) is 2.70. The number of ether oxygens (including phenoxy) is 2. The van der Waals surface area contributed by atoms with Crippen LogP contribution in [0.15, 0.2) is 72.8 Å². The van der Waals surface area contributed by atoms with Crippen LogP contribution >= 0.6 is 0 Å². The van der Waals surface area contributed by atoms with Crippen molar-refractivity contribution in [3.8, 4) is 0 Å². The minimum atomic E-state index is -0.836. The van der Waals surface area contributed by atoms with Gasteiger partial charge in [0.1, 0.15) is 12.2 Å². The number of rotatable bonds is 10. The Morgan fingerprint density at radius 2 is 1.46 bits per heavy atom. The van der Waals surface area contributed by atoms with Crippen LogP contribution in [-0.2, 0) is 22.7 Å². The van der Waals surface area contributed by atoms with Gasteiger partial charge in [0.2, 0.25) is 0 Å². The first-order valence-corrected chi connectivity index (χ1v) is 8.02. The third kappa shape index (κ3) is 6.64. The maximum atomic E-state index is 10.2. The molecule has 0 aliphatic rings. The zero-order chi connectivity index (χ0) is 17.0. The van der Waals surface area contributed by atoms with E-state index < -0.39 is 12.2 Å². The molecule has 2 N–H and O–H groups in total. The summed E-state index contributed by atoms with van der Waals surface area (Å²) >= 11 is 0. The Bertz CT molecular complexity index is 583. The van der Waals surface area contributed by atoms with Crippen LogP contribution in [0.4, 0.5) is 0 Å². The molecule has 4 heteroatoms. The van der Waals surface area contributed by atoms with Crippen LogP contribution in [0.3, 0.4) is 0 Å². The van der Waals surface area contributed by atoms with Crippen molar-refractivity contribution >= 4 is 0 Å². The Labute approximate surface area is 143 Å². The summed E-state index contributed by atoms with van der Waals surface area (Å²) in [5, 5.41) is 19.1. The quantitative estimate of drug-likeness (QED) is 0.659. The van der Waals surface area contributed by atoms with Gasteiger partial charge in [-0.3, -0.25) is 0 Å². The first-order chi connectivity index (χ1) is 11.8. The Morgan fingerprint density at radius 1 is 0.875 bits per heavy atom. The number of aliphatic hydroxyl groups excluding tert-OH is 2. The molecular weight excluding hydrogens is 304 g/mol. The summed E-state index contributed by atoms with van der Waals surface area (Å²) in [6.45, 7) is 0.999. The van der Waals surface area contributed by atoms with Crippen LogP contribution in [0.1, 0.15) is 11.1 Å². The predicted molar refractivity (Wildman–Crippen MR) is 93.3 cm³/mol. The molecule has 0 spiro atoms. The van der Waals surface area contributed by atoms with Gasteiger partial charge >= 0.3 is 0 Å². The van der Waals surface area contributed by atoms with Crippen molar-refractivity contribution in [3.05, 3.63) is 83.9 Å². The zero-order valence-corrected chi connectivity index (χ0v) is 13.6. The van der Waals surface area contributed by atoms with Crippen molar-refractivity contribution in [1.29, 1.82) is 0 Å². The third-order valence-electron chi connectivity index (χ3n) is 3.52. The van der Waals surface area contributed by atoms with Gasteiger partial charge in [0.15, 0.2) is 0 Å². The molecule has 2 aromatic carbocycles. The molecule has 2 aromatic rings. The van der Waals surface area contributed by atoms with E-state index in [-0.39, 0.29) is 13.2 Å². The van der Waals surface area contributed by atoms with Crippen molar-refractivity contribution < 1.29 is 19.7 Å². The summed E-state index contributed by atoms with van der Waals surface area (Å²) in [6, 6.07) is 19.6. The van der Waals surface area contributed by atoms with Gasteiger partial charge < -0.3 is 19.7 Å². The Hall–Kier alpha value is -1.98. The van der Waals surface area contributed by atoms with E-state index in [4.69, 9.17) is 14.6 Å². The maximum Gasteiger partial charge on any atom is 0.111 e. The summed E-state index contributed by atoms with van der Waals surface area (Å²) in [5.41, 5.74) is 2.10. The lowest BCUT2D eigenvalue weighted by Gasteiger charge is -2.21. The molecule has 0 heterocycles. The van der Waals surface area contributed by atoms with Crippen LogP contribution in [0.2, 0.25) is 0 Å². The summed E-state index contributed by atoms with van der Waals surface area (Å²) in [6.07, 6.45) is 1.69. The molecule has 0 aromatic heterocycles. The molecule has 0 bridgehead atoms. The second kappa shape index (κ2) is 10.7. The standard InChI is InChI=1S/C20H24O4/c21-13-7-12-19(22)20(24-15-18-10-5-2-6-11-18)16-23-14-17-8-3-1-4-9-17/h1-12,19-22H,13-16H2/b12-7+/t19-,20+/m0/s1. The summed E-state index contributed by atoms with van der Waals surface area (Å²) in [7, 11) is 0. The lowest BCUT2D eigenvalue weighted by Crippen LogP contribution is -2.32. The van der Waals surface area contributed by atoms with Gasteiger partial charge in [-0.1, -0.05) is 72.8 Å². The largest absolute Gasteiger partial charge is 0.392 e. The van der Waals surface area contributed by atoms with E-state index >= 15 is 0 Å². The van der Waals surface area contributed by atoms with E-state index in [0.29, 0.717) is 13.2 Å². The third-order valence-corrected chi connectivity index (χ3v) is 3.52. The molecular formula is C20H24O4. The highest BCUT2D eigenvalue weighted by atomic mass is 16.5. The molecule has 0 fully saturated rings. The molecule has 128 valence electrons. The minimum Gasteiger partial charge on any atom is -0.392 e. The van der Waals surface area contributed by atoms with Crippen LogP contribution in [-0.4, -0.2) is 35.6 Å². The fourth-order valence-electron chi connectivity index (χ4n) is 2.21. The van der Waals surface area contributed by atoms with Crippen LogP contribution < -0.4 is 0 Å². The van der Waals surface area contributed by atoms with Crippen LogP contribution in [0, 0.1) is 0 Å². The van der Waals surface area contributed by atoms with E-state index in [1.165, 1.54) is 12.2 Å². The summed E-state index contributed by atoms with van der Waals surface area (Å²) < 4.78 is 11.5. The number of hydrogen-bond acceptors (Lipinski definition) is 4. The number of hydrogen-bond donors (Lipinski definition) is 2. The smallest absolute Gasteiger partial charge is 0.111 e. The maximum absolute atomic E-state index is 10.2. The highest BCUT2D eigenvalue weighted by Crippen LogP contribution is 2.10. The van der Waals surface area contributed by atoms with Crippen LogP contribution in [0.25, 0.3) is 0 Å². The summed E-state index contributed by atoms with van der Waals surface area (Å²) in [4.78, 5) is 0. The average molecular weight is 328 g/mol. The molecule has 0 amide bonds. The highest BCUT2D eigenvalue weighted by molar-refractivity contribution is 5.14. The van der Waals surface area contributed by atoms with E-state index in [9.17, 15) is 5.11 Å². The topological polar surface area (TPSA) is 58.9 Å².